The number of esters is 2. The first kappa shape index (κ1) is 58.6. The van der Waals surface area contributed by atoms with Crippen LogP contribution in [0.15, 0.2) is 72.9 Å². The first-order valence-corrected chi connectivity index (χ1v) is 25.7. The highest BCUT2D eigenvalue weighted by atomic mass is 31.2. The van der Waals surface area contributed by atoms with E-state index in [0.29, 0.717) is 19.3 Å². The molecule has 0 heterocycles. The van der Waals surface area contributed by atoms with Crippen LogP contribution in [0, 0.1) is 0 Å². The Hall–Kier alpha value is -2.44. The zero-order valence-electron chi connectivity index (χ0n) is 37.2. The number of carbonyl (C=O) groups excluding carboxylic acids is 2. The fourth-order valence-corrected chi connectivity index (χ4v) is 6.77. The molecule has 0 aliphatic carbocycles. The highest BCUT2D eigenvalue weighted by Gasteiger charge is 2.28. The van der Waals surface area contributed by atoms with E-state index in [4.69, 9.17) is 23.8 Å². The van der Waals surface area contributed by atoms with Crippen molar-refractivity contribution < 1.29 is 61.6 Å². The predicted octanol–water partition coefficient (Wildman–Crippen LogP) is 11.8. The van der Waals surface area contributed by atoms with E-state index in [-0.39, 0.29) is 12.8 Å². The largest absolute Gasteiger partial charge is 0.472 e. The van der Waals surface area contributed by atoms with Crippen molar-refractivity contribution in [3.63, 3.8) is 0 Å². The standard InChI is InChI=1S/C46H80O13P2/c1-3-5-7-9-11-13-15-17-19-20-21-22-24-26-28-30-32-34-36-38-46(49)59-44(42-58-61(53,54)57-40-43(47)39-56-60(50,51)52)41-55-45(48)37-35-33-31-29-27-25-23-18-16-14-12-10-8-6-4-2/h11,13-14,16-17,19,21-22,26,28,32,34,43-44,47H,3-10,12,15,18,20,23-25,27,29-31,33,35-42H2,1-2H3,(H,53,54)(H2,50,51,52)/b13-11-,16-14-,19-17-,22-21-,28-26-,34-32-/t43-,44+/m0/s1. The van der Waals surface area contributed by atoms with Gasteiger partial charge in [-0.2, -0.15) is 0 Å². The average molecular weight is 903 g/mol. The Balaban J connectivity index is 4.64. The number of aliphatic hydroxyl groups is 1. The number of phosphoric ester groups is 2. The molecule has 0 aromatic heterocycles. The van der Waals surface area contributed by atoms with Crippen molar-refractivity contribution >= 4 is 27.6 Å². The van der Waals surface area contributed by atoms with Crippen molar-refractivity contribution in [1.29, 1.82) is 0 Å². The molecule has 15 heteroatoms. The number of unbranched alkanes of at least 4 members (excludes halogenated alkanes) is 14. The maximum Gasteiger partial charge on any atom is 0.472 e. The van der Waals surface area contributed by atoms with Crippen molar-refractivity contribution in [3.8, 4) is 0 Å². The quantitative estimate of drug-likeness (QED) is 0.0196. The molecule has 0 spiro atoms. The zero-order valence-corrected chi connectivity index (χ0v) is 39.0. The normalized spacial score (nSPS) is 14.7. The van der Waals surface area contributed by atoms with Gasteiger partial charge >= 0.3 is 27.6 Å². The number of ether oxygens (including phenoxy) is 2. The first-order valence-electron chi connectivity index (χ1n) is 22.6. The summed E-state index contributed by atoms with van der Waals surface area (Å²) in [4.78, 5) is 52.7. The van der Waals surface area contributed by atoms with Crippen molar-refractivity contribution in [1.82, 2.24) is 0 Å². The van der Waals surface area contributed by atoms with Gasteiger partial charge in [-0.15, -0.1) is 0 Å². The Kier molecular flexibility index (Phi) is 39.9. The third kappa shape index (κ3) is 45.4. The summed E-state index contributed by atoms with van der Waals surface area (Å²) in [6, 6.07) is 0. The SMILES string of the molecule is CCCCC/C=C\C/C=C\C/C=C\C/C=C\C/C=C\CCC(=O)O[C@H](COC(=O)CCCCCCCCC/C=C\CCCCCC)COP(=O)(O)OC[C@@H](O)COP(=O)(O)O. The second kappa shape index (κ2) is 41.6. The van der Waals surface area contributed by atoms with E-state index in [2.05, 4.69) is 77.6 Å². The van der Waals surface area contributed by atoms with Gasteiger partial charge in [0.1, 0.15) is 12.7 Å². The number of phosphoric acid groups is 2. The summed E-state index contributed by atoms with van der Waals surface area (Å²) in [5.74, 6) is -1.14. The van der Waals surface area contributed by atoms with E-state index in [1.165, 1.54) is 64.2 Å². The molecule has 13 nitrogen and oxygen atoms in total. The van der Waals surface area contributed by atoms with Gasteiger partial charge in [0.15, 0.2) is 6.10 Å². The molecule has 1 unspecified atom stereocenters. The second-order valence-corrected chi connectivity index (χ2v) is 17.7. The van der Waals surface area contributed by atoms with Gasteiger partial charge in [-0.3, -0.25) is 23.2 Å². The minimum absolute atomic E-state index is 0.00440. The number of carbonyl (C=O) groups is 2. The van der Waals surface area contributed by atoms with Crippen LogP contribution in [-0.2, 0) is 41.8 Å². The maximum absolute atomic E-state index is 12.6. The maximum atomic E-state index is 12.6. The summed E-state index contributed by atoms with van der Waals surface area (Å²) in [6.45, 7) is 1.63. The molecule has 352 valence electrons. The number of allylic oxidation sites excluding steroid dienone is 12. The van der Waals surface area contributed by atoms with Gasteiger partial charge in [0, 0.05) is 12.8 Å². The van der Waals surface area contributed by atoms with Crippen molar-refractivity contribution in [2.75, 3.05) is 26.4 Å². The summed E-state index contributed by atoms with van der Waals surface area (Å²) >= 11 is 0. The van der Waals surface area contributed by atoms with Gasteiger partial charge < -0.3 is 29.3 Å². The van der Waals surface area contributed by atoms with Crippen LogP contribution in [-0.4, -0.2) is 70.4 Å². The molecule has 0 aliphatic heterocycles. The van der Waals surface area contributed by atoms with E-state index < -0.39 is 66.2 Å². The lowest BCUT2D eigenvalue weighted by molar-refractivity contribution is -0.161. The molecule has 0 aromatic carbocycles. The third-order valence-electron chi connectivity index (χ3n) is 9.07. The van der Waals surface area contributed by atoms with Crippen LogP contribution < -0.4 is 0 Å². The lowest BCUT2D eigenvalue weighted by Crippen LogP contribution is -2.29. The fourth-order valence-electron chi connectivity index (χ4n) is 5.62. The second-order valence-electron chi connectivity index (χ2n) is 15.0. The Morgan fingerprint density at radius 3 is 1.43 bits per heavy atom. The van der Waals surface area contributed by atoms with Crippen LogP contribution in [0.2, 0.25) is 0 Å². The van der Waals surface area contributed by atoms with Gasteiger partial charge in [0.2, 0.25) is 0 Å². The van der Waals surface area contributed by atoms with Crippen LogP contribution in [0.25, 0.3) is 0 Å². The molecule has 0 radical (unpaired) electrons. The Morgan fingerprint density at radius 2 is 0.885 bits per heavy atom. The number of hydrogen-bond acceptors (Lipinski definition) is 10. The molecule has 0 saturated heterocycles. The monoisotopic (exact) mass is 903 g/mol. The minimum atomic E-state index is -4.87. The molecular formula is C46H80O13P2. The van der Waals surface area contributed by atoms with Gasteiger partial charge in [-0.05, 0) is 77.0 Å². The van der Waals surface area contributed by atoms with Gasteiger partial charge in [0.25, 0.3) is 0 Å². The topological polar surface area (TPSA) is 195 Å². The smallest absolute Gasteiger partial charge is 0.462 e. The van der Waals surface area contributed by atoms with Crippen molar-refractivity contribution in [3.05, 3.63) is 72.9 Å². The van der Waals surface area contributed by atoms with Crippen LogP contribution in [0.3, 0.4) is 0 Å². The molecule has 61 heavy (non-hydrogen) atoms. The lowest BCUT2D eigenvalue weighted by atomic mass is 10.1. The van der Waals surface area contributed by atoms with Gasteiger partial charge in [0.05, 0.1) is 19.8 Å². The first-order chi connectivity index (χ1) is 29.4. The molecule has 0 rings (SSSR count). The van der Waals surface area contributed by atoms with Crippen molar-refractivity contribution in [2.45, 2.75) is 180 Å². The number of rotatable bonds is 42. The van der Waals surface area contributed by atoms with E-state index >= 15 is 0 Å². The van der Waals surface area contributed by atoms with E-state index in [9.17, 15) is 28.7 Å². The average Bonchev–Trinajstić information content (AvgIpc) is 3.22. The van der Waals surface area contributed by atoms with Gasteiger partial charge in [-0.1, -0.05) is 151 Å². The van der Waals surface area contributed by atoms with E-state index in [1.54, 1.807) is 0 Å². The Bertz CT molecular complexity index is 1350. The summed E-state index contributed by atoms with van der Waals surface area (Å²) in [5, 5.41) is 9.75. The van der Waals surface area contributed by atoms with E-state index in [1.807, 2.05) is 18.2 Å². The van der Waals surface area contributed by atoms with Gasteiger partial charge in [-0.25, -0.2) is 9.13 Å². The minimum Gasteiger partial charge on any atom is -0.462 e. The molecule has 0 amide bonds. The third-order valence-corrected chi connectivity index (χ3v) is 10.5. The highest BCUT2D eigenvalue weighted by molar-refractivity contribution is 7.47. The molecular weight excluding hydrogens is 822 g/mol. The fraction of sp³-hybridized carbons (Fsp3) is 0.696. The summed E-state index contributed by atoms with van der Waals surface area (Å²) in [6.07, 6.45) is 46.2. The lowest BCUT2D eigenvalue weighted by Gasteiger charge is -2.20. The molecule has 0 aliphatic rings. The molecule has 3 atom stereocenters. The van der Waals surface area contributed by atoms with Crippen LogP contribution in [0.5, 0.6) is 0 Å². The molecule has 0 bridgehead atoms. The molecule has 0 aromatic rings. The molecule has 0 fully saturated rings. The summed E-state index contributed by atoms with van der Waals surface area (Å²) in [5.41, 5.74) is 0. The molecule has 0 saturated carbocycles. The highest BCUT2D eigenvalue weighted by Crippen LogP contribution is 2.43. The summed E-state index contributed by atoms with van der Waals surface area (Å²) in [7, 11) is -9.70. The predicted molar refractivity (Wildman–Crippen MR) is 244 cm³/mol. The number of hydrogen-bond donors (Lipinski definition) is 4. The zero-order chi connectivity index (χ0) is 45.1. The molecule has 4 N–H and O–H groups in total. The van der Waals surface area contributed by atoms with Crippen LogP contribution in [0.4, 0.5) is 0 Å². The Labute approximate surface area is 367 Å². The van der Waals surface area contributed by atoms with Crippen molar-refractivity contribution in [2.24, 2.45) is 0 Å². The van der Waals surface area contributed by atoms with Crippen LogP contribution in [0.1, 0.15) is 168 Å². The van der Waals surface area contributed by atoms with E-state index in [0.717, 1.165) is 57.8 Å². The summed E-state index contributed by atoms with van der Waals surface area (Å²) < 4.78 is 47.7. The van der Waals surface area contributed by atoms with Crippen LogP contribution >= 0.6 is 15.6 Å². The number of aliphatic hydroxyl groups excluding tert-OH is 1. The Morgan fingerprint density at radius 1 is 0.475 bits per heavy atom.